The van der Waals surface area contributed by atoms with E-state index in [4.69, 9.17) is 4.74 Å². The molecule has 1 atom stereocenters. The highest BCUT2D eigenvalue weighted by atomic mass is 16.5. The predicted molar refractivity (Wildman–Crippen MR) is 82.2 cm³/mol. The summed E-state index contributed by atoms with van der Waals surface area (Å²) in [4.78, 5) is 12.1. The topological polar surface area (TPSA) is 38.3 Å². The Balaban J connectivity index is 2.29. The van der Waals surface area contributed by atoms with Gasteiger partial charge < -0.3 is 10.1 Å². The first kappa shape index (κ1) is 14.4. The maximum Gasteiger partial charge on any atom is 0.227 e. The first-order chi connectivity index (χ1) is 9.51. The third kappa shape index (κ3) is 3.10. The Morgan fingerprint density at radius 1 is 1.05 bits per heavy atom. The average molecular weight is 271 g/mol. The molecule has 0 bridgehead atoms. The second kappa shape index (κ2) is 5.95. The Hall–Kier alpha value is -2.03. The fourth-order valence-electron chi connectivity index (χ4n) is 2.20. The third-order valence-corrected chi connectivity index (χ3v) is 3.40. The summed E-state index contributed by atoms with van der Waals surface area (Å²) >= 11 is 0. The molecule has 2 aromatic rings. The second-order valence-corrected chi connectivity index (χ2v) is 5.36. The molecule has 0 saturated carbocycles. The number of fused-ring (bicyclic) bond motifs is 1. The van der Waals surface area contributed by atoms with E-state index in [2.05, 4.69) is 11.4 Å². The van der Waals surface area contributed by atoms with Crippen LogP contribution in [-0.2, 0) is 4.79 Å². The summed E-state index contributed by atoms with van der Waals surface area (Å²) in [7, 11) is 1.66. The molecule has 0 aromatic heterocycles. The molecular formula is C17H21NO2. The summed E-state index contributed by atoms with van der Waals surface area (Å²) in [6.07, 6.45) is 0. The molecule has 0 radical (unpaired) electrons. The van der Waals surface area contributed by atoms with Gasteiger partial charge in [-0.3, -0.25) is 4.79 Å². The summed E-state index contributed by atoms with van der Waals surface area (Å²) in [5.41, 5.74) is 1.03. The van der Waals surface area contributed by atoms with Gasteiger partial charge in [0.2, 0.25) is 5.91 Å². The van der Waals surface area contributed by atoms with E-state index in [0.29, 0.717) is 0 Å². The van der Waals surface area contributed by atoms with Crippen molar-refractivity contribution < 1.29 is 9.53 Å². The van der Waals surface area contributed by atoms with Gasteiger partial charge in [0, 0.05) is 6.04 Å². The second-order valence-electron chi connectivity index (χ2n) is 5.36. The van der Waals surface area contributed by atoms with Gasteiger partial charge in [-0.2, -0.15) is 0 Å². The number of benzene rings is 2. The molecule has 106 valence electrons. The Morgan fingerprint density at radius 2 is 1.70 bits per heavy atom. The van der Waals surface area contributed by atoms with Crippen LogP contribution in [0.5, 0.6) is 5.75 Å². The van der Waals surface area contributed by atoms with Crippen LogP contribution in [0.1, 0.15) is 32.3 Å². The Bertz CT molecular complexity index is 619. The molecular weight excluding hydrogens is 250 g/mol. The van der Waals surface area contributed by atoms with Gasteiger partial charge in [-0.25, -0.2) is 0 Å². The zero-order valence-corrected chi connectivity index (χ0v) is 12.4. The van der Waals surface area contributed by atoms with Crippen molar-refractivity contribution in [2.45, 2.75) is 32.7 Å². The number of carbonyl (C=O) groups excluding carboxylic acids is 1. The van der Waals surface area contributed by atoms with Crippen molar-refractivity contribution in [2.75, 3.05) is 7.11 Å². The van der Waals surface area contributed by atoms with Gasteiger partial charge in [0.15, 0.2) is 0 Å². The Kier molecular flexibility index (Phi) is 4.28. The zero-order valence-electron chi connectivity index (χ0n) is 12.4. The lowest BCUT2D eigenvalue weighted by Crippen LogP contribution is -2.33. The van der Waals surface area contributed by atoms with E-state index in [1.807, 2.05) is 51.1 Å². The lowest BCUT2D eigenvalue weighted by molar-refractivity contribution is -0.122. The molecule has 0 spiro atoms. The summed E-state index contributed by atoms with van der Waals surface area (Å²) in [6, 6.07) is 12.2. The van der Waals surface area contributed by atoms with Gasteiger partial charge >= 0.3 is 0 Å². The monoisotopic (exact) mass is 271 g/mol. The molecule has 20 heavy (non-hydrogen) atoms. The van der Waals surface area contributed by atoms with Crippen molar-refractivity contribution in [1.82, 2.24) is 5.32 Å². The van der Waals surface area contributed by atoms with E-state index in [1.165, 1.54) is 0 Å². The Morgan fingerprint density at radius 3 is 2.35 bits per heavy atom. The van der Waals surface area contributed by atoms with Crippen LogP contribution < -0.4 is 10.1 Å². The predicted octanol–water partition coefficient (Wildman–Crippen LogP) is 3.48. The number of amides is 1. The van der Waals surface area contributed by atoms with Crippen LogP contribution in [0.3, 0.4) is 0 Å². The number of carbonyl (C=O) groups is 1. The van der Waals surface area contributed by atoms with Crippen molar-refractivity contribution in [2.24, 2.45) is 0 Å². The van der Waals surface area contributed by atoms with Crippen LogP contribution in [0.15, 0.2) is 36.4 Å². The Labute approximate surface area is 119 Å². The molecule has 0 aliphatic carbocycles. The molecule has 0 aliphatic heterocycles. The van der Waals surface area contributed by atoms with Crippen LogP contribution in [-0.4, -0.2) is 19.1 Å². The SMILES string of the molecule is COc1ccc2cc([C@H](C)C(=O)NC(C)C)ccc2c1. The van der Waals surface area contributed by atoms with Crippen LogP contribution in [0.2, 0.25) is 0 Å². The summed E-state index contributed by atoms with van der Waals surface area (Å²) in [5, 5.41) is 5.18. The van der Waals surface area contributed by atoms with Crippen LogP contribution >= 0.6 is 0 Å². The van der Waals surface area contributed by atoms with Crippen LogP contribution in [0, 0.1) is 0 Å². The third-order valence-electron chi connectivity index (χ3n) is 3.40. The van der Waals surface area contributed by atoms with Crippen LogP contribution in [0.25, 0.3) is 10.8 Å². The molecule has 0 unspecified atom stereocenters. The van der Waals surface area contributed by atoms with Gasteiger partial charge in [0.1, 0.15) is 5.75 Å². The molecule has 3 nitrogen and oxygen atoms in total. The quantitative estimate of drug-likeness (QED) is 0.924. The van der Waals surface area contributed by atoms with Crippen molar-refractivity contribution >= 4 is 16.7 Å². The van der Waals surface area contributed by atoms with Gasteiger partial charge in [-0.15, -0.1) is 0 Å². The van der Waals surface area contributed by atoms with E-state index in [0.717, 1.165) is 22.1 Å². The first-order valence-corrected chi connectivity index (χ1v) is 6.89. The number of methoxy groups -OCH3 is 1. The minimum atomic E-state index is -0.149. The van der Waals surface area contributed by atoms with E-state index in [1.54, 1.807) is 7.11 Å². The number of hydrogen-bond acceptors (Lipinski definition) is 2. The molecule has 2 aromatic carbocycles. The molecule has 0 heterocycles. The maximum atomic E-state index is 12.1. The van der Waals surface area contributed by atoms with Crippen molar-refractivity contribution in [3.8, 4) is 5.75 Å². The normalized spacial score (nSPS) is 12.4. The smallest absolute Gasteiger partial charge is 0.227 e. The van der Waals surface area contributed by atoms with Crippen molar-refractivity contribution in [3.05, 3.63) is 42.0 Å². The molecule has 1 N–H and O–H groups in total. The van der Waals surface area contributed by atoms with E-state index >= 15 is 0 Å². The molecule has 0 saturated heterocycles. The van der Waals surface area contributed by atoms with Gasteiger partial charge in [-0.05, 0) is 49.2 Å². The number of hydrogen-bond donors (Lipinski definition) is 1. The van der Waals surface area contributed by atoms with Crippen molar-refractivity contribution in [3.63, 3.8) is 0 Å². The highest BCUT2D eigenvalue weighted by molar-refractivity contribution is 5.88. The summed E-state index contributed by atoms with van der Waals surface area (Å²) in [5.74, 6) is 0.757. The number of ether oxygens (including phenoxy) is 1. The van der Waals surface area contributed by atoms with Crippen molar-refractivity contribution in [1.29, 1.82) is 0 Å². The summed E-state index contributed by atoms with van der Waals surface area (Å²) < 4.78 is 5.22. The largest absolute Gasteiger partial charge is 0.497 e. The fraction of sp³-hybridized carbons (Fsp3) is 0.353. The fourth-order valence-corrected chi connectivity index (χ4v) is 2.20. The molecule has 0 fully saturated rings. The maximum absolute atomic E-state index is 12.1. The highest BCUT2D eigenvalue weighted by Gasteiger charge is 2.16. The molecule has 1 amide bonds. The minimum Gasteiger partial charge on any atom is -0.497 e. The highest BCUT2D eigenvalue weighted by Crippen LogP contribution is 2.25. The summed E-state index contributed by atoms with van der Waals surface area (Å²) in [6.45, 7) is 5.87. The molecule has 0 aliphatic rings. The van der Waals surface area contributed by atoms with Gasteiger partial charge in [0.05, 0.1) is 13.0 Å². The van der Waals surface area contributed by atoms with Gasteiger partial charge in [-0.1, -0.05) is 24.3 Å². The first-order valence-electron chi connectivity index (χ1n) is 6.89. The minimum absolute atomic E-state index is 0.0628. The van der Waals surface area contributed by atoms with E-state index in [-0.39, 0.29) is 17.9 Å². The average Bonchev–Trinajstić information content (AvgIpc) is 2.44. The van der Waals surface area contributed by atoms with Gasteiger partial charge in [0.25, 0.3) is 0 Å². The lowest BCUT2D eigenvalue weighted by Gasteiger charge is -2.15. The van der Waals surface area contributed by atoms with E-state index < -0.39 is 0 Å². The van der Waals surface area contributed by atoms with Crippen LogP contribution in [0.4, 0.5) is 0 Å². The number of nitrogens with one attached hydrogen (secondary N) is 1. The number of rotatable bonds is 4. The molecule has 3 heteroatoms. The standard InChI is InChI=1S/C17H21NO2/c1-11(2)18-17(19)12(3)13-5-6-15-10-16(20-4)8-7-14(15)9-13/h5-12H,1-4H3,(H,18,19)/t12-/m0/s1. The van der Waals surface area contributed by atoms with E-state index in [9.17, 15) is 4.79 Å². The molecule has 2 rings (SSSR count). The lowest BCUT2D eigenvalue weighted by atomic mass is 9.97. The zero-order chi connectivity index (χ0) is 14.7.